The van der Waals surface area contributed by atoms with Crippen molar-refractivity contribution in [1.82, 2.24) is 4.90 Å². The van der Waals surface area contributed by atoms with Gasteiger partial charge in [0.2, 0.25) is 18.7 Å². The third-order valence-electron chi connectivity index (χ3n) is 7.06. The smallest absolute Gasteiger partial charge is 0.510 e. The fourth-order valence-corrected chi connectivity index (χ4v) is 6.26. The van der Waals surface area contributed by atoms with Crippen LogP contribution in [0.5, 0.6) is 11.5 Å². The first-order valence-corrected chi connectivity index (χ1v) is 13.6. The molecule has 12 heteroatoms. The summed E-state index contributed by atoms with van der Waals surface area (Å²) in [5.41, 5.74) is 3.43. The number of methoxy groups -OCH3 is 1. The number of morpholine rings is 1. The fourth-order valence-electron chi connectivity index (χ4n) is 5.19. The molecule has 6 rings (SSSR count). The van der Waals surface area contributed by atoms with Crippen molar-refractivity contribution in [3.63, 3.8) is 0 Å². The predicted octanol–water partition coefficient (Wildman–Crippen LogP) is 1.69. The Morgan fingerprint density at radius 1 is 1.25 bits per heavy atom. The van der Waals surface area contributed by atoms with Gasteiger partial charge < -0.3 is 34.1 Å². The van der Waals surface area contributed by atoms with Crippen LogP contribution in [-0.2, 0) is 26.4 Å². The first kappa shape index (κ1) is 26.2. The normalized spacial score (nSPS) is 19.3. The molecule has 0 aliphatic carbocycles. The second-order valence-corrected chi connectivity index (χ2v) is 10.6. The summed E-state index contributed by atoms with van der Waals surface area (Å²) in [6, 6.07) is 12.1. The van der Waals surface area contributed by atoms with Crippen LogP contribution in [0.25, 0.3) is 17.1 Å². The number of nitrogens with zero attached hydrogens (tertiary/aromatic N) is 3. The monoisotopic (exact) mass is 566 g/mol. The lowest BCUT2D eigenvalue weighted by atomic mass is 9.93. The van der Waals surface area contributed by atoms with Crippen LogP contribution in [0.1, 0.15) is 23.6 Å². The largest absolute Gasteiger partial charge is 0.870 e. The zero-order chi connectivity index (χ0) is 28.0. The van der Waals surface area contributed by atoms with E-state index in [2.05, 4.69) is 4.74 Å². The minimum absolute atomic E-state index is 0.136. The molecule has 0 N–H and O–H groups in total. The highest BCUT2D eigenvalue weighted by atomic mass is 32.2. The van der Waals surface area contributed by atoms with Gasteiger partial charge in [-0.05, 0) is 57.7 Å². The maximum absolute atomic E-state index is 15.1. The van der Waals surface area contributed by atoms with Gasteiger partial charge in [-0.2, -0.15) is 0 Å². The molecule has 4 heterocycles. The van der Waals surface area contributed by atoms with E-state index in [0.717, 1.165) is 28.7 Å². The third-order valence-corrected chi connectivity index (χ3v) is 8.22. The summed E-state index contributed by atoms with van der Waals surface area (Å²) in [5, 5.41) is 31.9. The van der Waals surface area contributed by atoms with Crippen molar-refractivity contribution in [3.05, 3.63) is 70.3 Å². The molecular formula is C28H25FN3O7S-. The van der Waals surface area contributed by atoms with Crippen molar-refractivity contribution >= 4 is 23.8 Å². The molecule has 1 aromatic heterocycles. The van der Waals surface area contributed by atoms with Gasteiger partial charge in [0, 0.05) is 29.1 Å². The van der Waals surface area contributed by atoms with E-state index in [9.17, 15) is 15.0 Å². The number of pyridine rings is 1. The van der Waals surface area contributed by atoms with E-state index in [-0.39, 0.29) is 36.0 Å². The van der Waals surface area contributed by atoms with E-state index in [1.165, 1.54) is 27.5 Å². The van der Waals surface area contributed by atoms with E-state index in [4.69, 9.17) is 19.3 Å². The zero-order valence-corrected chi connectivity index (χ0v) is 22.5. The van der Waals surface area contributed by atoms with E-state index in [0.29, 0.717) is 17.7 Å². The Morgan fingerprint density at radius 3 is 2.90 bits per heavy atom. The Kier molecular flexibility index (Phi) is 6.88. The van der Waals surface area contributed by atoms with E-state index >= 15 is 4.39 Å². The van der Waals surface area contributed by atoms with Crippen LogP contribution in [0.4, 0.5) is 9.18 Å². The average Bonchev–Trinajstić information content (AvgIpc) is 3.13. The molecule has 0 unspecified atom stereocenters. The van der Waals surface area contributed by atoms with E-state index in [1.54, 1.807) is 11.8 Å². The molecule has 1 saturated heterocycles. The molecule has 40 heavy (non-hydrogen) atoms. The Morgan fingerprint density at radius 2 is 2.08 bits per heavy atom. The summed E-state index contributed by atoms with van der Waals surface area (Å²) in [6.07, 6.45) is -1.39. The van der Waals surface area contributed by atoms with Crippen molar-refractivity contribution in [2.24, 2.45) is 5.11 Å². The predicted molar refractivity (Wildman–Crippen MR) is 136 cm³/mol. The molecule has 3 aliphatic rings. The highest BCUT2D eigenvalue weighted by molar-refractivity contribution is 7.98. The molecule has 3 aromatic rings. The van der Waals surface area contributed by atoms with Gasteiger partial charge in [-0.25, -0.2) is 9.18 Å². The van der Waals surface area contributed by atoms with Crippen molar-refractivity contribution in [1.29, 1.82) is 0 Å². The number of ether oxygens (including phenoxy) is 4. The first-order chi connectivity index (χ1) is 19.3. The number of aromatic nitrogens is 1. The summed E-state index contributed by atoms with van der Waals surface area (Å²) >= 11 is 1.62. The summed E-state index contributed by atoms with van der Waals surface area (Å²) < 4.78 is 36.9. The standard InChI is InChI=1S/C28H25FN3O7S/c1-15-11-31-24(12-37-15)30-32-21(10-22(33)26(25(32)27(31)34)38-14-39-28(35)36-2)20-9-18(29)7-17-13-40-23-6-4-3-5-16(23)8-19(17)20/h3-7,9-10,15,24H,8,11-14H2,1-2H3/q-1/t15-,24-/m0/s1. The maximum atomic E-state index is 15.1. The number of thioether (sulfide) groups is 1. The van der Waals surface area contributed by atoms with Gasteiger partial charge in [-0.15, -0.1) is 11.8 Å². The van der Waals surface area contributed by atoms with Crippen LogP contribution >= 0.6 is 11.8 Å². The molecule has 0 bridgehead atoms. The SMILES string of the molecule is COC(=O)OCOc1c([O-])cc(-c2cc(F)cc3c2Cc2ccccc2SC3)[n+]2c1=C([O-])N1C[C@H](C)OC[C@H]1N=2. The number of hydrogen-bond acceptors (Lipinski definition) is 10. The number of carbonyl (C=O) groups excluding carboxylic acids is 1. The molecule has 3 aliphatic heterocycles. The van der Waals surface area contributed by atoms with Crippen molar-refractivity contribution in [2.75, 3.05) is 27.1 Å². The number of hydrogen-bond donors (Lipinski definition) is 0. The van der Waals surface area contributed by atoms with Crippen LogP contribution < -0.4 is 24.7 Å². The number of fused-ring (bicyclic) bond motifs is 4. The van der Waals surface area contributed by atoms with Gasteiger partial charge in [-0.3, -0.25) is 0 Å². The van der Waals surface area contributed by atoms with Crippen LogP contribution in [0.2, 0.25) is 0 Å². The first-order valence-electron chi connectivity index (χ1n) is 12.6. The highest BCUT2D eigenvalue weighted by Crippen LogP contribution is 2.38. The molecule has 0 saturated carbocycles. The molecule has 0 amide bonds. The van der Waals surface area contributed by atoms with Gasteiger partial charge in [-0.1, -0.05) is 23.9 Å². The second-order valence-electron chi connectivity index (χ2n) is 9.61. The second kappa shape index (κ2) is 10.5. The molecular weight excluding hydrogens is 541 g/mol. The number of benzene rings is 2. The van der Waals surface area contributed by atoms with Crippen LogP contribution in [0, 0.1) is 5.82 Å². The number of carbonyl (C=O) groups is 1. The third kappa shape index (κ3) is 4.66. The van der Waals surface area contributed by atoms with Crippen LogP contribution in [-0.4, -0.2) is 50.4 Å². The van der Waals surface area contributed by atoms with E-state index < -0.39 is 36.6 Å². The van der Waals surface area contributed by atoms with Crippen molar-refractivity contribution in [3.8, 4) is 22.8 Å². The molecule has 0 radical (unpaired) electrons. The van der Waals surface area contributed by atoms with Gasteiger partial charge in [0.25, 0.3) is 5.35 Å². The minimum atomic E-state index is -1.01. The maximum Gasteiger partial charge on any atom is 0.510 e. The summed E-state index contributed by atoms with van der Waals surface area (Å²) in [6.45, 7) is 1.59. The topological polar surface area (TPSA) is 122 Å². The average molecular weight is 567 g/mol. The lowest BCUT2D eigenvalue weighted by molar-refractivity contribution is -0.570. The fraction of sp³-hybridized carbons (Fsp3) is 0.321. The zero-order valence-electron chi connectivity index (χ0n) is 21.7. The molecule has 2 atom stereocenters. The Labute approximate surface area is 232 Å². The van der Waals surface area contributed by atoms with E-state index in [1.807, 2.05) is 31.2 Å². The van der Waals surface area contributed by atoms with Gasteiger partial charge in [0.15, 0.2) is 5.75 Å². The number of halogens is 1. The minimum Gasteiger partial charge on any atom is -0.870 e. The summed E-state index contributed by atoms with van der Waals surface area (Å²) in [4.78, 5) is 14.0. The van der Waals surface area contributed by atoms with Crippen molar-refractivity contribution in [2.45, 2.75) is 36.3 Å². The molecule has 10 nitrogen and oxygen atoms in total. The van der Waals surface area contributed by atoms with Crippen LogP contribution in [0.15, 0.2) is 52.5 Å². The van der Waals surface area contributed by atoms with Crippen molar-refractivity contribution < 1.29 is 42.7 Å². The Hall–Kier alpha value is -4.03. The Balaban J connectivity index is 1.57. The lowest BCUT2D eigenvalue weighted by Gasteiger charge is -2.40. The molecule has 208 valence electrons. The van der Waals surface area contributed by atoms with Gasteiger partial charge in [0.1, 0.15) is 5.82 Å². The lowest BCUT2D eigenvalue weighted by Crippen LogP contribution is -2.60. The molecule has 1 fully saturated rings. The quantitative estimate of drug-likeness (QED) is 0.264. The van der Waals surface area contributed by atoms with Gasteiger partial charge in [0.05, 0.1) is 25.4 Å². The highest BCUT2D eigenvalue weighted by Gasteiger charge is 2.35. The van der Waals surface area contributed by atoms with Gasteiger partial charge >= 0.3 is 6.16 Å². The summed E-state index contributed by atoms with van der Waals surface area (Å²) in [7, 11) is 1.13. The summed E-state index contributed by atoms with van der Waals surface area (Å²) in [5.74, 6) is -1.39. The Bertz CT molecular complexity index is 1630. The van der Waals surface area contributed by atoms with Crippen LogP contribution in [0.3, 0.4) is 0 Å². The molecule has 0 spiro atoms. The molecule has 2 aromatic carbocycles. The number of rotatable bonds is 4.